The number of halogens is 3. The predicted octanol–water partition coefficient (Wildman–Crippen LogP) is 5.52. The van der Waals surface area contributed by atoms with Crippen LogP contribution in [0.15, 0.2) is 60.8 Å². The number of amides is 1. The van der Waals surface area contributed by atoms with E-state index in [1.807, 2.05) is 0 Å². The van der Waals surface area contributed by atoms with Gasteiger partial charge in [-0.1, -0.05) is 23.2 Å². The Morgan fingerprint density at radius 2 is 1.68 bits per heavy atom. The Labute approximate surface area is 153 Å². The molecule has 0 spiro atoms. The van der Waals surface area contributed by atoms with Gasteiger partial charge in [-0.05, 0) is 54.6 Å². The maximum absolute atomic E-state index is 12.9. The number of anilines is 3. The van der Waals surface area contributed by atoms with Crippen molar-refractivity contribution in [2.75, 3.05) is 10.6 Å². The van der Waals surface area contributed by atoms with Crippen LogP contribution in [0.2, 0.25) is 10.0 Å². The van der Waals surface area contributed by atoms with Gasteiger partial charge in [0, 0.05) is 10.7 Å². The zero-order chi connectivity index (χ0) is 17.8. The third kappa shape index (κ3) is 4.47. The van der Waals surface area contributed by atoms with Crippen LogP contribution in [0, 0.1) is 5.82 Å². The number of rotatable bonds is 4. The lowest BCUT2D eigenvalue weighted by Gasteiger charge is -2.09. The van der Waals surface area contributed by atoms with Crippen molar-refractivity contribution in [2.45, 2.75) is 0 Å². The molecule has 7 heteroatoms. The molecule has 0 atom stereocenters. The minimum Gasteiger partial charge on any atom is -0.353 e. The number of pyridine rings is 1. The third-order valence-electron chi connectivity index (χ3n) is 3.31. The van der Waals surface area contributed by atoms with E-state index in [0.717, 1.165) is 0 Å². The summed E-state index contributed by atoms with van der Waals surface area (Å²) >= 11 is 12.0. The molecule has 4 nitrogen and oxygen atoms in total. The van der Waals surface area contributed by atoms with E-state index in [1.165, 1.54) is 30.5 Å². The first-order chi connectivity index (χ1) is 12.0. The fourth-order valence-electron chi connectivity index (χ4n) is 2.08. The highest BCUT2D eigenvalue weighted by Crippen LogP contribution is 2.28. The summed E-state index contributed by atoms with van der Waals surface area (Å²) in [6.45, 7) is 0. The Balaban J connectivity index is 1.70. The maximum Gasteiger partial charge on any atom is 0.274 e. The molecule has 3 rings (SSSR count). The Morgan fingerprint density at radius 3 is 2.36 bits per heavy atom. The molecule has 0 saturated carbocycles. The molecule has 25 heavy (non-hydrogen) atoms. The summed E-state index contributed by atoms with van der Waals surface area (Å²) in [5.41, 5.74) is 2.01. The monoisotopic (exact) mass is 375 g/mol. The summed E-state index contributed by atoms with van der Waals surface area (Å²) in [6, 6.07) is 13.8. The topological polar surface area (TPSA) is 54.0 Å². The van der Waals surface area contributed by atoms with E-state index in [9.17, 15) is 9.18 Å². The minimum atomic E-state index is -0.390. The fraction of sp³-hybridized carbons (Fsp3) is 0. The second kappa shape index (κ2) is 7.51. The molecule has 3 aromatic rings. The standard InChI is InChI=1S/C18H12Cl2FN3O/c19-11-1-7-15(20)17(9-11)23-14-6-8-16(22-10-14)18(25)24-13-4-2-12(21)3-5-13/h1-10,23H,(H,24,25). The number of nitrogens with one attached hydrogen (secondary N) is 2. The predicted molar refractivity (Wildman–Crippen MR) is 98.3 cm³/mol. The van der Waals surface area contributed by atoms with Gasteiger partial charge >= 0.3 is 0 Å². The van der Waals surface area contributed by atoms with E-state index in [4.69, 9.17) is 23.2 Å². The zero-order valence-electron chi connectivity index (χ0n) is 12.8. The van der Waals surface area contributed by atoms with E-state index in [2.05, 4.69) is 15.6 Å². The molecule has 126 valence electrons. The number of hydrogen-bond donors (Lipinski definition) is 2. The fourth-order valence-corrected chi connectivity index (χ4v) is 2.42. The largest absolute Gasteiger partial charge is 0.353 e. The Kier molecular flexibility index (Phi) is 5.16. The highest BCUT2D eigenvalue weighted by atomic mass is 35.5. The summed E-state index contributed by atoms with van der Waals surface area (Å²) in [6.07, 6.45) is 1.51. The summed E-state index contributed by atoms with van der Waals surface area (Å²) in [5.74, 6) is -0.759. The molecular weight excluding hydrogens is 364 g/mol. The molecule has 2 aromatic carbocycles. The van der Waals surface area contributed by atoms with Crippen LogP contribution in [0.1, 0.15) is 10.5 Å². The van der Waals surface area contributed by atoms with Gasteiger partial charge in [-0.15, -0.1) is 0 Å². The Morgan fingerprint density at radius 1 is 0.960 bits per heavy atom. The SMILES string of the molecule is O=C(Nc1ccc(F)cc1)c1ccc(Nc2cc(Cl)ccc2Cl)cn1. The molecule has 2 N–H and O–H groups in total. The molecule has 1 amide bonds. The van der Waals surface area contributed by atoms with Crippen LogP contribution in [-0.4, -0.2) is 10.9 Å². The molecule has 0 aliphatic carbocycles. The molecule has 0 fully saturated rings. The molecule has 0 saturated heterocycles. The van der Waals surface area contributed by atoms with Crippen molar-refractivity contribution >= 4 is 46.2 Å². The van der Waals surface area contributed by atoms with Gasteiger partial charge in [0.05, 0.1) is 22.6 Å². The second-order valence-corrected chi connectivity index (χ2v) is 5.99. The molecule has 1 aromatic heterocycles. The van der Waals surface area contributed by atoms with Gasteiger partial charge < -0.3 is 10.6 Å². The highest BCUT2D eigenvalue weighted by Gasteiger charge is 2.08. The quantitative estimate of drug-likeness (QED) is 0.630. The number of aromatic nitrogens is 1. The van der Waals surface area contributed by atoms with Gasteiger partial charge in [-0.2, -0.15) is 0 Å². The van der Waals surface area contributed by atoms with Crippen molar-refractivity contribution in [1.29, 1.82) is 0 Å². The molecule has 0 radical (unpaired) electrons. The van der Waals surface area contributed by atoms with Gasteiger partial charge in [0.15, 0.2) is 0 Å². The van der Waals surface area contributed by atoms with E-state index >= 15 is 0 Å². The number of benzene rings is 2. The van der Waals surface area contributed by atoms with E-state index < -0.39 is 0 Å². The first kappa shape index (κ1) is 17.2. The number of nitrogens with zero attached hydrogens (tertiary/aromatic N) is 1. The van der Waals surface area contributed by atoms with E-state index in [-0.39, 0.29) is 17.4 Å². The van der Waals surface area contributed by atoms with E-state index in [1.54, 1.807) is 30.3 Å². The van der Waals surface area contributed by atoms with Crippen LogP contribution < -0.4 is 10.6 Å². The molecule has 0 bridgehead atoms. The summed E-state index contributed by atoms with van der Waals surface area (Å²) in [7, 11) is 0. The van der Waals surface area contributed by atoms with Gasteiger partial charge in [0.25, 0.3) is 5.91 Å². The van der Waals surface area contributed by atoms with Gasteiger partial charge in [-0.25, -0.2) is 9.37 Å². The summed E-state index contributed by atoms with van der Waals surface area (Å²) in [5, 5.41) is 6.79. The van der Waals surface area contributed by atoms with Crippen LogP contribution in [-0.2, 0) is 0 Å². The van der Waals surface area contributed by atoms with Crippen molar-refractivity contribution in [3.8, 4) is 0 Å². The average Bonchev–Trinajstić information content (AvgIpc) is 2.61. The first-order valence-corrected chi connectivity index (χ1v) is 8.02. The lowest BCUT2D eigenvalue weighted by atomic mass is 10.2. The third-order valence-corrected chi connectivity index (χ3v) is 3.87. The van der Waals surface area contributed by atoms with Crippen LogP contribution in [0.4, 0.5) is 21.5 Å². The lowest BCUT2D eigenvalue weighted by molar-refractivity contribution is 0.102. The molecule has 0 aliphatic rings. The van der Waals surface area contributed by atoms with Crippen LogP contribution in [0.5, 0.6) is 0 Å². The van der Waals surface area contributed by atoms with Crippen molar-refractivity contribution in [1.82, 2.24) is 4.98 Å². The molecule has 0 unspecified atom stereocenters. The van der Waals surface area contributed by atoms with Crippen LogP contribution in [0.3, 0.4) is 0 Å². The Bertz CT molecular complexity index is 899. The van der Waals surface area contributed by atoms with Crippen LogP contribution >= 0.6 is 23.2 Å². The number of carbonyl (C=O) groups is 1. The molecular formula is C18H12Cl2FN3O. The smallest absolute Gasteiger partial charge is 0.274 e. The number of hydrogen-bond acceptors (Lipinski definition) is 3. The van der Waals surface area contributed by atoms with Crippen molar-refractivity contribution in [3.63, 3.8) is 0 Å². The summed E-state index contributed by atoms with van der Waals surface area (Å²) in [4.78, 5) is 16.3. The van der Waals surface area contributed by atoms with Gasteiger partial charge in [0.2, 0.25) is 0 Å². The maximum atomic E-state index is 12.9. The van der Waals surface area contributed by atoms with E-state index in [0.29, 0.717) is 27.1 Å². The minimum absolute atomic E-state index is 0.229. The average molecular weight is 376 g/mol. The summed E-state index contributed by atoms with van der Waals surface area (Å²) < 4.78 is 12.9. The number of carbonyl (C=O) groups excluding carboxylic acids is 1. The van der Waals surface area contributed by atoms with Crippen molar-refractivity contribution in [2.24, 2.45) is 0 Å². The van der Waals surface area contributed by atoms with Crippen molar-refractivity contribution in [3.05, 3.63) is 82.4 Å². The van der Waals surface area contributed by atoms with Gasteiger partial charge in [-0.3, -0.25) is 4.79 Å². The van der Waals surface area contributed by atoms with Crippen LogP contribution in [0.25, 0.3) is 0 Å². The van der Waals surface area contributed by atoms with Gasteiger partial charge in [0.1, 0.15) is 11.5 Å². The highest BCUT2D eigenvalue weighted by molar-refractivity contribution is 6.35. The zero-order valence-corrected chi connectivity index (χ0v) is 14.3. The molecule has 1 heterocycles. The second-order valence-electron chi connectivity index (χ2n) is 5.14. The Hall–Kier alpha value is -2.63. The first-order valence-electron chi connectivity index (χ1n) is 7.26. The molecule has 0 aliphatic heterocycles. The lowest BCUT2D eigenvalue weighted by Crippen LogP contribution is -2.13. The van der Waals surface area contributed by atoms with Crippen molar-refractivity contribution < 1.29 is 9.18 Å². The normalized spacial score (nSPS) is 10.4.